The number of para-hydroxylation sites is 2. The van der Waals surface area contributed by atoms with E-state index in [2.05, 4.69) is 35.1 Å². The molecule has 0 bridgehead atoms. The van der Waals surface area contributed by atoms with Gasteiger partial charge < -0.3 is 14.8 Å². The molecular weight excluding hydrogens is 456 g/mol. The Bertz CT molecular complexity index is 1040. The molecule has 0 aliphatic rings. The van der Waals surface area contributed by atoms with E-state index >= 15 is 0 Å². The zero-order valence-corrected chi connectivity index (χ0v) is 19.9. The van der Waals surface area contributed by atoms with Crippen molar-refractivity contribution in [3.8, 4) is 0 Å². The van der Waals surface area contributed by atoms with Crippen LogP contribution in [0.5, 0.6) is 0 Å². The van der Waals surface area contributed by atoms with E-state index < -0.39 is 0 Å². The highest BCUT2D eigenvalue weighted by Crippen LogP contribution is 2.22. The monoisotopic (exact) mass is 484 g/mol. The van der Waals surface area contributed by atoms with Crippen molar-refractivity contribution in [2.24, 2.45) is 0 Å². The van der Waals surface area contributed by atoms with Crippen LogP contribution in [0.15, 0.2) is 53.0 Å². The van der Waals surface area contributed by atoms with Crippen LogP contribution in [0.1, 0.15) is 55.8 Å². The summed E-state index contributed by atoms with van der Waals surface area (Å²) in [5.41, 5.74) is 2.28. The van der Waals surface area contributed by atoms with Crippen LogP contribution in [0.4, 0.5) is 0 Å². The molecule has 1 N–H and O–H groups in total. The number of aromatic nitrogens is 2. The lowest BCUT2D eigenvalue weighted by molar-refractivity contribution is -0.131. The molecule has 0 aliphatic carbocycles. The third kappa shape index (κ3) is 5.53. The first-order chi connectivity index (χ1) is 14.9. The number of rotatable bonds is 9. The number of halogens is 1. The lowest BCUT2D eigenvalue weighted by Crippen LogP contribution is -2.36. The van der Waals surface area contributed by atoms with Gasteiger partial charge in [-0.1, -0.05) is 41.9 Å². The third-order valence-corrected chi connectivity index (χ3v) is 5.69. The molecule has 6 nitrogen and oxygen atoms in total. The van der Waals surface area contributed by atoms with Crippen molar-refractivity contribution in [2.75, 3.05) is 13.1 Å². The van der Waals surface area contributed by atoms with Gasteiger partial charge in [0.1, 0.15) is 12.4 Å². The maximum atomic E-state index is 13.1. The van der Waals surface area contributed by atoms with E-state index in [9.17, 15) is 9.59 Å². The molecule has 0 saturated heterocycles. The van der Waals surface area contributed by atoms with Gasteiger partial charge in [0.05, 0.1) is 17.1 Å². The van der Waals surface area contributed by atoms with Crippen LogP contribution in [-0.2, 0) is 11.3 Å². The lowest BCUT2D eigenvalue weighted by Gasteiger charge is -2.23. The molecule has 1 unspecified atom stereocenters. The van der Waals surface area contributed by atoms with Crippen molar-refractivity contribution in [3.05, 3.63) is 64.4 Å². The van der Waals surface area contributed by atoms with Crippen LogP contribution >= 0.6 is 15.9 Å². The second-order valence-electron chi connectivity index (χ2n) is 7.63. The van der Waals surface area contributed by atoms with Crippen molar-refractivity contribution in [1.29, 1.82) is 0 Å². The number of nitrogens with zero attached hydrogens (tertiary/aromatic N) is 3. The van der Waals surface area contributed by atoms with E-state index in [1.807, 2.05) is 52.8 Å². The average molecular weight is 485 g/mol. The fraction of sp³-hybridized carbons (Fsp3) is 0.375. The number of imidazole rings is 1. The molecule has 7 heteroatoms. The van der Waals surface area contributed by atoms with E-state index in [0.717, 1.165) is 41.4 Å². The Morgan fingerprint density at radius 3 is 2.35 bits per heavy atom. The van der Waals surface area contributed by atoms with Crippen molar-refractivity contribution in [3.63, 3.8) is 0 Å². The number of benzene rings is 2. The van der Waals surface area contributed by atoms with Crippen LogP contribution in [0.2, 0.25) is 0 Å². The number of nitrogens with one attached hydrogen (secondary N) is 1. The van der Waals surface area contributed by atoms with Gasteiger partial charge in [0, 0.05) is 23.1 Å². The predicted molar refractivity (Wildman–Crippen MR) is 127 cm³/mol. The standard InChI is InChI=1S/C24H29BrN4O2/c1-4-14-28(15-5-2)22(30)16-29-21-9-7-6-8-20(21)27-23(29)17(3)26-24(31)18-10-12-19(25)13-11-18/h6-13,17H,4-5,14-16H2,1-3H3,(H,26,31). The summed E-state index contributed by atoms with van der Waals surface area (Å²) >= 11 is 3.39. The highest BCUT2D eigenvalue weighted by molar-refractivity contribution is 9.10. The molecule has 3 rings (SSSR count). The second-order valence-corrected chi connectivity index (χ2v) is 8.54. The summed E-state index contributed by atoms with van der Waals surface area (Å²) in [5, 5.41) is 3.02. The molecule has 1 heterocycles. The number of fused-ring (bicyclic) bond motifs is 1. The minimum Gasteiger partial charge on any atom is -0.342 e. The number of hydrogen-bond donors (Lipinski definition) is 1. The Morgan fingerprint density at radius 1 is 1.06 bits per heavy atom. The fourth-order valence-electron chi connectivity index (χ4n) is 3.67. The normalized spacial score (nSPS) is 12.0. The summed E-state index contributed by atoms with van der Waals surface area (Å²) in [4.78, 5) is 32.5. The van der Waals surface area contributed by atoms with E-state index in [1.54, 1.807) is 12.1 Å². The maximum absolute atomic E-state index is 13.1. The summed E-state index contributed by atoms with van der Waals surface area (Å²) in [5.74, 6) is 0.566. The van der Waals surface area contributed by atoms with Crippen molar-refractivity contribution in [1.82, 2.24) is 19.8 Å². The maximum Gasteiger partial charge on any atom is 0.251 e. The van der Waals surface area contributed by atoms with Gasteiger partial charge in [0.25, 0.3) is 5.91 Å². The summed E-state index contributed by atoms with van der Waals surface area (Å²) in [7, 11) is 0. The number of hydrogen-bond acceptors (Lipinski definition) is 3. The van der Waals surface area contributed by atoms with Crippen molar-refractivity contribution < 1.29 is 9.59 Å². The molecule has 0 spiro atoms. The number of amides is 2. The Labute approximate surface area is 191 Å². The summed E-state index contributed by atoms with van der Waals surface area (Å²) in [6.45, 7) is 7.74. The first-order valence-corrected chi connectivity index (χ1v) is 11.5. The predicted octanol–water partition coefficient (Wildman–Crippen LogP) is 4.94. The number of carbonyl (C=O) groups is 2. The van der Waals surface area contributed by atoms with Crippen LogP contribution in [0, 0.1) is 0 Å². The molecule has 1 atom stereocenters. The molecule has 3 aromatic rings. The molecule has 0 radical (unpaired) electrons. The van der Waals surface area contributed by atoms with Gasteiger partial charge in [-0.15, -0.1) is 0 Å². The van der Waals surface area contributed by atoms with Gasteiger partial charge in [-0.3, -0.25) is 9.59 Å². The third-order valence-electron chi connectivity index (χ3n) is 5.16. The van der Waals surface area contributed by atoms with E-state index in [0.29, 0.717) is 11.4 Å². The SMILES string of the molecule is CCCN(CCC)C(=O)Cn1c(C(C)NC(=O)c2ccc(Br)cc2)nc2ccccc21. The molecule has 0 saturated carbocycles. The molecule has 1 aromatic heterocycles. The molecule has 164 valence electrons. The molecule has 31 heavy (non-hydrogen) atoms. The van der Waals surface area contributed by atoms with E-state index in [-0.39, 0.29) is 24.4 Å². The summed E-state index contributed by atoms with van der Waals surface area (Å²) in [6, 6.07) is 14.6. The molecule has 0 aliphatic heterocycles. The van der Waals surface area contributed by atoms with Crippen molar-refractivity contribution in [2.45, 2.75) is 46.2 Å². The van der Waals surface area contributed by atoms with Crippen LogP contribution in [0.25, 0.3) is 11.0 Å². The topological polar surface area (TPSA) is 67.2 Å². The smallest absolute Gasteiger partial charge is 0.251 e. The lowest BCUT2D eigenvalue weighted by atomic mass is 10.2. The average Bonchev–Trinajstić information content (AvgIpc) is 3.12. The number of carbonyl (C=O) groups excluding carboxylic acids is 2. The van der Waals surface area contributed by atoms with Crippen molar-refractivity contribution >= 4 is 38.8 Å². The van der Waals surface area contributed by atoms with Gasteiger partial charge >= 0.3 is 0 Å². The zero-order chi connectivity index (χ0) is 22.4. The minimum atomic E-state index is -0.359. The van der Waals surface area contributed by atoms with Gasteiger partial charge in [0.2, 0.25) is 5.91 Å². The minimum absolute atomic E-state index is 0.0690. The highest BCUT2D eigenvalue weighted by atomic mass is 79.9. The Morgan fingerprint density at radius 2 is 1.71 bits per heavy atom. The Hall–Kier alpha value is -2.67. The largest absolute Gasteiger partial charge is 0.342 e. The van der Waals surface area contributed by atoms with Crippen LogP contribution in [0.3, 0.4) is 0 Å². The second kappa shape index (κ2) is 10.6. The van der Waals surface area contributed by atoms with Gasteiger partial charge in [-0.2, -0.15) is 0 Å². The molecule has 0 fully saturated rings. The van der Waals surface area contributed by atoms with Gasteiger partial charge in [-0.25, -0.2) is 4.98 Å². The summed E-state index contributed by atoms with van der Waals surface area (Å²) < 4.78 is 2.85. The first-order valence-electron chi connectivity index (χ1n) is 10.7. The van der Waals surface area contributed by atoms with Crippen LogP contribution in [-0.4, -0.2) is 39.4 Å². The first kappa shape index (κ1) is 23.0. The van der Waals surface area contributed by atoms with Gasteiger partial charge in [0.15, 0.2) is 0 Å². The Kier molecular flexibility index (Phi) is 7.85. The van der Waals surface area contributed by atoms with E-state index in [1.165, 1.54) is 0 Å². The fourth-order valence-corrected chi connectivity index (χ4v) is 3.94. The molecule has 2 amide bonds. The quantitative estimate of drug-likeness (QED) is 0.467. The van der Waals surface area contributed by atoms with E-state index in [4.69, 9.17) is 4.98 Å². The zero-order valence-electron chi connectivity index (χ0n) is 18.3. The highest BCUT2D eigenvalue weighted by Gasteiger charge is 2.22. The Balaban J connectivity index is 1.88. The summed E-state index contributed by atoms with van der Waals surface area (Å²) in [6.07, 6.45) is 1.84. The van der Waals surface area contributed by atoms with Gasteiger partial charge in [-0.05, 0) is 56.2 Å². The van der Waals surface area contributed by atoms with Crippen LogP contribution < -0.4 is 5.32 Å². The molecular formula is C24H29BrN4O2. The molecule has 2 aromatic carbocycles.